The van der Waals surface area contributed by atoms with Gasteiger partial charge in [0.05, 0.1) is 18.9 Å². The van der Waals surface area contributed by atoms with Crippen molar-refractivity contribution in [3.05, 3.63) is 17.7 Å². The lowest BCUT2D eigenvalue weighted by molar-refractivity contribution is -0.121. The fraction of sp³-hybridized carbons (Fsp3) is 0.250. The van der Waals surface area contributed by atoms with Crippen LogP contribution in [0, 0.1) is 11.3 Å². The Balaban J connectivity index is 2.59. The summed E-state index contributed by atoms with van der Waals surface area (Å²) >= 11 is 0. The van der Waals surface area contributed by atoms with Crippen LogP contribution >= 0.6 is 0 Å². The minimum absolute atomic E-state index is 0.0966. The van der Waals surface area contributed by atoms with E-state index in [1.54, 1.807) is 0 Å². The summed E-state index contributed by atoms with van der Waals surface area (Å²) in [6, 6.07) is 4.92. The summed E-state index contributed by atoms with van der Waals surface area (Å²) in [6.07, 6.45) is 0.645. The van der Waals surface area contributed by atoms with E-state index >= 15 is 0 Å². The van der Waals surface area contributed by atoms with Gasteiger partial charge in [-0.3, -0.25) is 14.5 Å². The monoisotopic (exact) mass is 246 g/mol. The van der Waals surface area contributed by atoms with Crippen LogP contribution < -0.4 is 14.4 Å². The Kier molecular flexibility index (Phi) is 3.15. The number of carbonyl (C=O) groups excluding carboxylic acids is 2. The largest absolute Gasteiger partial charge is 0.493 e. The summed E-state index contributed by atoms with van der Waals surface area (Å²) in [5.74, 6) is 0.414. The van der Waals surface area contributed by atoms with E-state index in [0.717, 1.165) is 0 Å². The third-order valence-corrected chi connectivity index (χ3v) is 2.57. The van der Waals surface area contributed by atoms with E-state index in [-0.39, 0.29) is 19.1 Å². The van der Waals surface area contributed by atoms with Crippen LogP contribution in [0.5, 0.6) is 11.5 Å². The maximum Gasteiger partial charge on any atom is 0.265 e. The molecule has 0 saturated heterocycles. The Morgan fingerprint density at radius 3 is 3.00 bits per heavy atom. The average molecular weight is 246 g/mol. The predicted octanol–water partition coefficient (Wildman–Crippen LogP) is 0.757. The van der Waals surface area contributed by atoms with Gasteiger partial charge in [-0.25, -0.2) is 0 Å². The molecule has 1 aromatic carbocycles. The Morgan fingerprint density at radius 1 is 1.61 bits per heavy atom. The summed E-state index contributed by atoms with van der Waals surface area (Å²) in [7, 11) is 1.44. The molecule has 0 atom stereocenters. The molecule has 6 nitrogen and oxygen atoms in total. The van der Waals surface area contributed by atoms with Crippen molar-refractivity contribution in [3.63, 3.8) is 0 Å². The highest BCUT2D eigenvalue weighted by Crippen LogP contribution is 2.40. The molecule has 1 aliphatic heterocycles. The second kappa shape index (κ2) is 4.75. The molecule has 6 heteroatoms. The molecule has 18 heavy (non-hydrogen) atoms. The standard InChI is InChI=1S/C12H10N2O4/c1-17-10-5-8(6-15)4-9-12(10)18-7-11(16)14(9)3-2-13/h4-6H,3,7H2,1H3. The Bertz CT molecular complexity index is 548. The van der Waals surface area contributed by atoms with E-state index in [0.29, 0.717) is 29.0 Å². The number of methoxy groups -OCH3 is 1. The van der Waals surface area contributed by atoms with Gasteiger partial charge in [-0.2, -0.15) is 5.26 Å². The second-order valence-electron chi connectivity index (χ2n) is 3.62. The van der Waals surface area contributed by atoms with Crippen LogP contribution in [0.1, 0.15) is 10.4 Å². The molecule has 0 unspecified atom stereocenters. The first-order chi connectivity index (χ1) is 8.71. The highest BCUT2D eigenvalue weighted by Gasteiger charge is 2.28. The number of carbonyl (C=O) groups is 2. The van der Waals surface area contributed by atoms with Gasteiger partial charge in [-0.15, -0.1) is 0 Å². The van der Waals surface area contributed by atoms with Crippen LogP contribution in [-0.4, -0.2) is 32.5 Å². The van der Waals surface area contributed by atoms with Crippen LogP contribution in [0.25, 0.3) is 0 Å². The summed E-state index contributed by atoms with van der Waals surface area (Å²) in [5.41, 5.74) is 0.737. The van der Waals surface area contributed by atoms with Gasteiger partial charge >= 0.3 is 0 Å². The van der Waals surface area contributed by atoms with Gasteiger partial charge in [0.15, 0.2) is 18.1 Å². The molecular formula is C12H10N2O4. The van der Waals surface area contributed by atoms with E-state index < -0.39 is 0 Å². The molecule has 1 aromatic rings. The van der Waals surface area contributed by atoms with Crippen LogP contribution in [0.2, 0.25) is 0 Å². The minimum atomic E-state index is -0.325. The highest BCUT2D eigenvalue weighted by atomic mass is 16.5. The number of amides is 1. The zero-order valence-electron chi connectivity index (χ0n) is 9.67. The zero-order chi connectivity index (χ0) is 13.1. The smallest absolute Gasteiger partial charge is 0.265 e. The molecule has 0 N–H and O–H groups in total. The molecule has 0 spiro atoms. The molecule has 1 amide bonds. The number of fused-ring (bicyclic) bond motifs is 1. The first-order valence-electron chi connectivity index (χ1n) is 5.18. The van der Waals surface area contributed by atoms with Gasteiger partial charge in [0.2, 0.25) is 0 Å². The second-order valence-corrected chi connectivity index (χ2v) is 3.62. The number of nitriles is 1. The molecule has 0 saturated carbocycles. The van der Waals surface area contributed by atoms with Crippen molar-refractivity contribution in [2.75, 3.05) is 25.2 Å². The third kappa shape index (κ3) is 1.86. The van der Waals surface area contributed by atoms with Crippen molar-refractivity contribution < 1.29 is 19.1 Å². The van der Waals surface area contributed by atoms with Crippen LogP contribution in [0.4, 0.5) is 5.69 Å². The number of benzene rings is 1. The predicted molar refractivity (Wildman–Crippen MR) is 61.8 cm³/mol. The molecule has 1 aliphatic rings. The number of aldehydes is 1. The molecular weight excluding hydrogens is 236 g/mol. The van der Waals surface area contributed by atoms with E-state index in [1.165, 1.54) is 24.1 Å². The fourth-order valence-corrected chi connectivity index (χ4v) is 1.76. The number of rotatable bonds is 3. The fourth-order valence-electron chi connectivity index (χ4n) is 1.76. The van der Waals surface area contributed by atoms with Gasteiger partial charge in [0.1, 0.15) is 12.8 Å². The lowest BCUT2D eigenvalue weighted by atomic mass is 10.1. The van der Waals surface area contributed by atoms with Gasteiger partial charge in [0.25, 0.3) is 5.91 Å². The molecule has 0 radical (unpaired) electrons. The minimum Gasteiger partial charge on any atom is -0.493 e. The Morgan fingerprint density at radius 2 is 2.39 bits per heavy atom. The number of hydrogen-bond acceptors (Lipinski definition) is 5. The van der Waals surface area contributed by atoms with E-state index in [2.05, 4.69) is 0 Å². The Labute approximate surface area is 103 Å². The van der Waals surface area contributed by atoms with Gasteiger partial charge in [-0.05, 0) is 12.1 Å². The average Bonchev–Trinajstić information content (AvgIpc) is 2.40. The molecule has 0 bridgehead atoms. The van der Waals surface area contributed by atoms with Crippen molar-refractivity contribution in [3.8, 4) is 17.6 Å². The van der Waals surface area contributed by atoms with E-state index in [1.807, 2.05) is 6.07 Å². The number of ether oxygens (including phenoxy) is 2. The Hall–Kier alpha value is -2.55. The molecule has 0 fully saturated rings. The lowest BCUT2D eigenvalue weighted by Gasteiger charge is -2.28. The van der Waals surface area contributed by atoms with Crippen molar-refractivity contribution in [1.29, 1.82) is 5.26 Å². The quantitative estimate of drug-likeness (QED) is 0.581. The maximum absolute atomic E-state index is 11.7. The topological polar surface area (TPSA) is 79.6 Å². The van der Waals surface area contributed by atoms with Crippen LogP contribution in [-0.2, 0) is 4.79 Å². The first kappa shape index (κ1) is 11.9. The number of anilines is 1. The number of hydrogen-bond donors (Lipinski definition) is 0. The number of nitrogens with zero attached hydrogens (tertiary/aromatic N) is 2. The molecule has 92 valence electrons. The zero-order valence-corrected chi connectivity index (χ0v) is 9.67. The van der Waals surface area contributed by atoms with Crippen molar-refractivity contribution in [2.24, 2.45) is 0 Å². The highest BCUT2D eigenvalue weighted by molar-refractivity contribution is 6.00. The van der Waals surface area contributed by atoms with Gasteiger partial charge < -0.3 is 9.47 Å². The van der Waals surface area contributed by atoms with Gasteiger partial charge in [-0.1, -0.05) is 0 Å². The van der Waals surface area contributed by atoms with Crippen molar-refractivity contribution in [1.82, 2.24) is 0 Å². The lowest BCUT2D eigenvalue weighted by Crippen LogP contribution is -2.39. The first-order valence-corrected chi connectivity index (χ1v) is 5.18. The SMILES string of the molecule is COc1cc(C=O)cc2c1OCC(=O)N2CC#N. The normalized spacial score (nSPS) is 13.3. The maximum atomic E-state index is 11.7. The molecule has 0 aliphatic carbocycles. The summed E-state index contributed by atoms with van der Waals surface area (Å²) in [5, 5.41) is 8.73. The molecule has 0 aromatic heterocycles. The summed E-state index contributed by atoms with van der Waals surface area (Å²) in [4.78, 5) is 23.8. The molecule has 1 heterocycles. The third-order valence-electron chi connectivity index (χ3n) is 2.57. The van der Waals surface area contributed by atoms with Gasteiger partial charge in [0, 0.05) is 5.56 Å². The summed E-state index contributed by atoms with van der Waals surface area (Å²) in [6.45, 7) is -0.244. The van der Waals surface area contributed by atoms with E-state index in [9.17, 15) is 9.59 Å². The van der Waals surface area contributed by atoms with Crippen LogP contribution in [0.15, 0.2) is 12.1 Å². The van der Waals surface area contributed by atoms with E-state index in [4.69, 9.17) is 14.7 Å². The van der Waals surface area contributed by atoms with Crippen molar-refractivity contribution >= 4 is 17.9 Å². The van der Waals surface area contributed by atoms with Crippen LogP contribution in [0.3, 0.4) is 0 Å². The molecule has 2 rings (SSSR count). The van der Waals surface area contributed by atoms with Crippen molar-refractivity contribution in [2.45, 2.75) is 0 Å². The summed E-state index contributed by atoms with van der Waals surface area (Å²) < 4.78 is 10.4.